The first kappa shape index (κ1) is 16.0. The van der Waals surface area contributed by atoms with Gasteiger partial charge in [-0.05, 0) is 51.8 Å². The Kier molecular flexibility index (Phi) is 3.72. The predicted octanol–water partition coefficient (Wildman–Crippen LogP) is 2.75. The van der Waals surface area contributed by atoms with Gasteiger partial charge in [0.05, 0.1) is 11.5 Å². The molecule has 1 aliphatic carbocycles. The van der Waals surface area contributed by atoms with E-state index in [9.17, 15) is 13.2 Å². The highest BCUT2D eigenvalue weighted by Crippen LogP contribution is 2.36. The maximum atomic E-state index is 12.5. The highest BCUT2D eigenvalue weighted by Gasteiger charge is 2.41. The van der Waals surface area contributed by atoms with Crippen molar-refractivity contribution in [2.24, 2.45) is 0 Å². The maximum Gasteiger partial charge on any atom is 0.374 e. The van der Waals surface area contributed by atoms with Crippen LogP contribution in [0.5, 0.6) is 0 Å². The van der Waals surface area contributed by atoms with Crippen LogP contribution in [-0.2, 0) is 14.8 Å². The lowest BCUT2D eigenvalue weighted by Gasteiger charge is -2.12. The lowest BCUT2D eigenvalue weighted by atomic mass is 10.1. The molecule has 3 rings (SSSR count). The fourth-order valence-corrected chi connectivity index (χ4v) is 3.92. The van der Waals surface area contributed by atoms with E-state index in [1.54, 1.807) is 19.9 Å². The summed E-state index contributed by atoms with van der Waals surface area (Å²) in [4.78, 5) is 12.0. The number of fused-ring (bicyclic) bond motifs is 1. The van der Waals surface area contributed by atoms with Gasteiger partial charge in [0.1, 0.15) is 5.58 Å². The number of benzene rings is 1. The summed E-state index contributed by atoms with van der Waals surface area (Å²) in [5, 5.41) is 0.594. The molecule has 1 heterocycles. The van der Waals surface area contributed by atoms with Crippen LogP contribution in [0, 0.1) is 6.92 Å². The molecule has 1 aromatic carbocycles. The minimum Gasteiger partial charge on any atom is -0.460 e. The average molecular weight is 337 g/mol. The standard InChI is InChI=1S/C16H19NO5S/c1-4-21-15(18)14-10(2)12-9-11(5-6-13(12)22-14)23(19,20)17-16(3)7-8-16/h5-6,9,17H,4,7-8H2,1-3H3. The third-order valence-electron chi connectivity index (χ3n) is 4.06. The van der Waals surface area contributed by atoms with Crippen molar-refractivity contribution in [2.45, 2.75) is 44.0 Å². The molecule has 6 nitrogen and oxygen atoms in total. The SMILES string of the molecule is CCOC(=O)c1oc2ccc(S(=O)(=O)NC3(C)CC3)cc2c1C. The van der Waals surface area contributed by atoms with Crippen molar-refractivity contribution in [1.82, 2.24) is 4.72 Å². The second kappa shape index (κ2) is 5.35. The number of furan rings is 1. The minimum absolute atomic E-state index is 0.110. The van der Waals surface area contributed by atoms with Gasteiger partial charge in [-0.25, -0.2) is 17.9 Å². The molecule has 0 bridgehead atoms. The first-order chi connectivity index (χ1) is 10.8. The second-order valence-corrected chi connectivity index (χ2v) is 7.78. The summed E-state index contributed by atoms with van der Waals surface area (Å²) in [6.07, 6.45) is 1.68. The zero-order valence-electron chi connectivity index (χ0n) is 13.3. The van der Waals surface area contributed by atoms with E-state index in [2.05, 4.69) is 4.72 Å². The topological polar surface area (TPSA) is 85.6 Å². The molecule has 0 atom stereocenters. The second-order valence-electron chi connectivity index (χ2n) is 6.10. The van der Waals surface area contributed by atoms with Crippen LogP contribution in [0.1, 0.15) is 42.8 Å². The fraction of sp³-hybridized carbons (Fsp3) is 0.438. The quantitative estimate of drug-likeness (QED) is 0.848. The van der Waals surface area contributed by atoms with Crippen LogP contribution in [0.2, 0.25) is 0 Å². The van der Waals surface area contributed by atoms with Crippen molar-refractivity contribution < 1.29 is 22.4 Å². The largest absolute Gasteiger partial charge is 0.460 e. The molecule has 0 amide bonds. The maximum absolute atomic E-state index is 12.5. The third kappa shape index (κ3) is 2.98. The summed E-state index contributed by atoms with van der Waals surface area (Å²) in [7, 11) is -3.59. The molecule has 124 valence electrons. The highest BCUT2D eigenvalue weighted by atomic mass is 32.2. The Hall–Kier alpha value is -1.86. The van der Waals surface area contributed by atoms with E-state index in [-0.39, 0.29) is 22.8 Å². The number of aryl methyl sites for hydroxylation is 1. The minimum atomic E-state index is -3.59. The van der Waals surface area contributed by atoms with Crippen LogP contribution in [-0.4, -0.2) is 26.5 Å². The Morgan fingerprint density at radius 3 is 2.70 bits per heavy atom. The van der Waals surface area contributed by atoms with Crippen molar-refractivity contribution in [3.63, 3.8) is 0 Å². The summed E-state index contributed by atoms with van der Waals surface area (Å²) >= 11 is 0. The molecular weight excluding hydrogens is 318 g/mol. The van der Waals surface area contributed by atoms with Gasteiger partial charge in [-0.3, -0.25) is 0 Å². The molecule has 7 heteroatoms. The number of hydrogen-bond donors (Lipinski definition) is 1. The van der Waals surface area contributed by atoms with E-state index in [1.807, 2.05) is 6.92 Å². The van der Waals surface area contributed by atoms with Crippen LogP contribution in [0.3, 0.4) is 0 Å². The molecule has 1 aromatic heterocycles. The molecule has 1 N–H and O–H groups in total. The van der Waals surface area contributed by atoms with Gasteiger partial charge in [-0.15, -0.1) is 0 Å². The van der Waals surface area contributed by atoms with Gasteiger partial charge in [-0.1, -0.05) is 0 Å². The molecule has 2 aromatic rings. The summed E-state index contributed by atoms with van der Waals surface area (Å²) < 4.78 is 38.1. The predicted molar refractivity (Wildman–Crippen MR) is 84.9 cm³/mol. The first-order valence-electron chi connectivity index (χ1n) is 7.50. The molecule has 1 fully saturated rings. The summed E-state index contributed by atoms with van der Waals surface area (Å²) in [6, 6.07) is 4.58. The summed E-state index contributed by atoms with van der Waals surface area (Å²) in [5.74, 6) is -0.437. The average Bonchev–Trinajstić information content (AvgIpc) is 3.09. The summed E-state index contributed by atoms with van der Waals surface area (Å²) in [6.45, 7) is 5.55. The van der Waals surface area contributed by atoms with Gasteiger partial charge in [0.15, 0.2) is 0 Å². The molecule has 0 spiro atoms. The van der Waals surface area contributed by atoms with Crippen molar-refractivity contribution in [1.29, 1.82) is 0 Å². The van der Waals surface area contributed by atoms with Gasteiger partial charge in [0.25, 0.3) is 0 Å². The van der Waals surface area contributed by atoms with Crippen LogP contribution < -0.4 is 4.72 Å². The van der Waals surface area contributed by atoms with Crippen molar-refractivity contribution in [3.05, 3.63) is 29.5 Å². The van der Waals surface area contributed by atoms with Gasteiger partial charge in [0.2, 0.25) is 15.8 Å². The van der Waals surface area contributed by atoms with E-state index in [0.29, 0.717) is 16.5 Å². The number of hydrogen-bond acceptors (Lipinski definition) is 5. The van der Waals surface area contributed by atoms with E-state index < -0.39 is 16.0 Å². The lowest BCUT2D eigenvalue weighted by Crippen LogP contribution is -2.34. The van der Waals surface area contributed by atoms with Gasteiger partial charge in [0, 0.05) is 16.5 Å². The summed E-state index contributed by atoms with van der Waals surface area (Å²) in [5.41, 5.74) is 0.699. The number of carbonyl (C=O) groups is 1. The van der Waals surface area contributed by atoms with Crippen LogP contribution in [0.15, 0.2) is 27.5 Å². The monoisotopic (exact) mass is 337 g/mol. The molecule has 0 radical (unpaired) electrons. The number of sulfonamides is 1. The van der Waals surface area contributed by atoms with E-state index in [4.69, 9.17) is 9.15 Å². The molecule has 0 unspecified atom stereocenters. The smallest absolute Gasteiger partial charge is 0.374 e. The van der Waals surface area contributed by atoms with Crippen LogP contribution in [0.4, 0.5) is 0 Å². The molecule has 1 saturated carbocycles. The van der Waals surface area contributed by atoms with Crippen molar-refractivity contribution in [3.8, 4) is 0 Å². The normalized spacial score (nSPS) is 16.5. The Labute approximate surface area is 134 Å². The Morgan fingerprint density at radius 1 is 1.39 bits per heavy atom. The zero-order valence-corrected chi connectivity index (χ0v) is 14.1. The van der Waals surface area contributed by atoms with Crippen LogP contribution >= 0.6 is 0 Å². The zero-order chi connectivity index (χ0) is 16.8. The number of nitrogens with one attached hydrogen (secondary N) is 1. The molecule has 0 saturated heterocycles. The number of rotatable bonds is 5. The highest BCUT2D eigenvalue weighted by molar-refractivity contribution is 7.89. The first-order valence-corrected chi connectivity index (χ1v) is 8.98. The fourth-order valence-electron chi connectivity index (χ4n) is 2.43. The Balaban J connectivity index is 2.02. The van der Waals surface area contributed by atoms with Gasteiger partial charge >= 0.3 is 5.97 Å². The van der Waals surface area contributed by atoms with E-state index in [1.165, 1.54) is 12.1 Å². The van der Waals surface area contributed by atoms with E-state index in [0.717, 1.165) is 12.8 Å². The molecule has 0 aliphatic heterocycles. The number of ether oxygens (including phenoxy) is 1. The molecule has 23 heavy (non-hydrogen) atoms. The number of carbonyl (C=O) groups excluding carboxylic acids is 1. The molecule has 1 aliphatic rings. The lowest BCUT2D eigenvalue weighted by molar-refractivity contribution is 0.0491. The number of esters is 1. The van der Waals surface area contributed by atoms with Crippen LogP contribution in [0.25, 0.3) is 11.0 Å². The van der Waals surface area contributed by atoms with E-state index >= 15 is 0 Å². The van der Waals surface area contributed by atoms with Crippen molar-refractivity contribution in [2.75, 3.05) is 6.61 Å². The molecular formula is C16H19NO5S. The van der Waals surface area contributed by atoms with Gasteiger partial charge in [-0.2, -0.15) is 0 Å². The van der Waals surface area contributed by atoms with Crippen molar-refractivity contribution >= 4 is 27.0 Å². The third-order valence-corrected chi connectivity index (χ3v) is 5.70. The van der Waals surface area contributed by atoms with Gasteiger partial charge < -0.3 is 9.15 Å². The Bertz CT molecular complexity index is 877. The Morgan fingerprint density at radius 2 is 2.09 bits per heavy atom.